The van der Waals surface area contributed by atoms with Crippen LogP contribution in [-0.2, 0) is 20.7 Å². The fourth-order valence-electron chi connectivity index (χ4n) is 5.69. The summed E-state index contributed by atoms with van der Waals surface area (Å²) >= 11 is 0. The number of hydrogen-bond donors (Lipinski definition) is 4. The third-order valence-corrected chi connectivity index (χ3v) is 7.54. The van der Waals surface area contributed by atoms with Crippen LogP contribution in [0.3, 0.4) is 0 Å². The van der Waals surface area contributed by atoms with Crippen molar-refractivity contribution in [2.45, 2.75) is 77.9 Å². The number of anilines is 1. The number of amides is 2. The van der Waals surface area contributed by atoms with Crippen molar-refractivity contribution in [3.8, 4) is 5.69 Å². The lowest BCUT2D eigenvalue weighted by atomic mass is 9.75. The number of carbonyl (C=O) groups is 4. The van der Waals surface area contributed by atoms with Gasteiger partial charge in [-0.3, -0.25) is 19.2 Å². The Balaban J connectivity index is 1.45. The SMILES string of the molecule is Cc1cn(-c2ccc(C(N)=O)c(N[C@H]3CC[C@H](OC(=O)CNC(=O)CCN)CC3)c2)c2c1C(=O)CC(C)(C)C2. The van der Waals surface area contributed by atoms with Crippen molar-refractivity contribution >= 4 is 29.3 Å². The van der Waals surface area contributed by atoms with Gasteiger partial charge in [-0.2, -0.15) is 0 Å². The molecular formula is C29H39N5O5. The molecule has 10 nitrogen and oxygen atoms in total. The van der Waals surface area contributed by atoms with E-state index in [0.717, 1.165) is 41.8 Å². The lowest BCUT2D eigenvalue weighted by molar-refractivity contribution is -0.150. The molecule has 2 aromatic rings. The van der Waals surface area contributed by atoms with Gasteiger partial charge >= 0.3 is 5.97 Å². The average Bonchev–Trinajstić information content (AvgIpc) is 3.19. The number of aryl methyl sites for hydroxylation is 1. The molecule has 2 aliphatic carbocycles. The molecular weight excluding hydrogens is 498 g/mol. The molecule has 1 saturated carbocycles. The molecule has 6 N–H and O–H groups in total. The summed E-state index contributed by atoms with van der Waals surface area (Å²) in [4.78, 5) is 48.7. The first-order valence-electron chi connectivity index (χ1n) is 13.6. The quantitative estimate of drug-likeness (QED) is 0.358. The molecule has 0 unspecified atom stereocenters. The van der Waals surface area contributed by atoms with Crippen LogP contribution in [0, 0.1) is 12.3 Å². The van der Waals surface area contributed by atoms with Crippen molar-refractivity contribution in [3.05, 3.63) is 46.8 Å². The maximum absolute atomic E-state index is 12.9. The van der Waals surface area contributed by atoms with Crippen LogP contribution >= 0.6 is 0 Å². The number of nitrogens with zero attached hydrogens (tertiary/aromatic N) is 1. The van der Waals surface area contributed by atoms with Gasteiger partial charge in [0, 0.05) is 54.3 Å². The largest absolute Gasteiger partial charge is 0.461 e. The lowest BCUT2D eigenvalue weighted by Crippen LogP contribution is -2.36. The Hall–Kier alpha value is -3.66. The second-order valence-corrected chi connectivity index (χ2v) is 11.5. The first-order chi connectivity index (χ1) is 18.5. The number of benzene rings is 1. The van der Waals surface area contributed by atoms with Gasteiger partial charge in [0.1, 0.15) is 12.6 Å². The van der Waals surface area contributed by atoms with Crippen LogP contribution in [-0.4, -0.2) is 53.4 Å². The molecule has 2 amide bonds. The second-order valence-electron chi connectivity index (χ2n) is 11.5. The molecule has 10 heteroatoms. The predicted molar refractivity (Wildman–Crippen MR) is 148 cm³/mol. The van der Waals surface area contributed by atoms with E-state index in [1.54, 1.807) is 6.07 Å². The van der Waals surface area contributed by atoms with E-state index in [2.05, 4.69) is 29.0 Å². The Bertz CT molecular complexity index is 1270. The number of fused-ring (bicyclic) bond motifs is 1. The molecule has 0 saturated heterocycles. The highest BCUT2D eigenvalue weighted by molar-refractivity contribution is 6.01. The van der Waals surface area contributed by atoms with E-state index >= 15 is 0 Å². The number of esters is 1. The maximum Gasteiger partial charge on any atom is 0.325 e. The minimum absolute atomic E-state index is 0.0679. The van der Waals surface area contributed by atoms with E-state index in [1.807, 2.05) is 25.3 Å². The van der Waals surface area contributed by atoms with E-state index in [4.69, 9.17) is 16.2 Å². The molecule has 1 fully saturated rings. The molecule has 0 aliphatic heterocycles. The van der Waals surface area contributed by atoms with Gasteiger partial charge in [-0.05, 0) is 68.2 Å². The highest BCUT2D eigenvalue weighted by Crippen LogP contribution is 2.38. The van der Waals surface area contributed by atoms with Crippen LogP contribution < -0.4 is 22.1 Å². The third-order valence-electron chi connectivity index (χ3n) is 7.54. The number of carbonyl (C=O) groups excluding carboxylic acids is 4. The van der Waals surface area contributed by atoms with Crippen LogP contribution in [0.4, 0.5) is 5.69 Å². The lowest BCUT2D eigenvalue weighted by Gasteiger charge is -2.31. The van der Waals surface area contributed by atoms with Crippen LogP contribution in [0.25, 0.3) is 5.69 Å². The highest BCUT2D eigenvalue weighted by atomic mass is 16.5. The van der Waals surface area contributed by atoms with Crippen molar-refractivity contribution in [1.29, 1.82) is 0 Å². The van der Waals surface area contributed by atoms with Crippen LogP contribution in [0.1, 0.15) is 84.3 Å². The molecule has 0 atom stereocenters. The summed E-state index contributed by atoms with van der Waals surface area (Å²) in [6.45, 7) is 6.23. The van der Waals surface area contributed by atoms with Gasteiger partial charge in [0.15, 0.2) is 5.78 Å². The van der Waals surface area contributed by atoms with Gasteiger partial charge in [-0.15, -0.1) is 0 Å². The zero-order chi connectivity index (χ0) is 28.3. The molecule has 2 aliphatic rings. The zero-order valence-corrected chi connectivity index (χ0v) is 23.0. The summed E-state index contributed by atoms with van der Waals surface area (Å²) in [6.07, 6.45) is 6.04. The van der Waals surface area contributed by atoms with Crippen LogP contribution in [0.15, 0.2) is 24.4 Å². The number of rotatable bonds is 9. The van der Waals surface area contributed by atoms with Crippen molar-refractivity contribution in [3.63, 3.8) is 0 Å². The average molecular weight is 538 g/mol. The van der Waals surface area contributed by atoms with Gasteiger partial charge in [0.2, 0.25) is 5.91 Å². The van der Waals surface area contributed by atoms with Crippen molar-refractivity contribution < 1.29 is 23.9 Å². The van der Waals surface area contributed by atoms with Gasteiger partial charge in [-0.1, -0.05) is 13.8 Å². The summed E-state index contributed by atoms with van der Waals surface area (Å²) in [7, 11) is 0. The summed E-state index contributed by atoms with van der Waals surface area (Å²) in [5.74, 6) is -1.10. The first kappa shape index (κ1) is 28.4. The number of primary amides is 1. The van der Waals surface area contributed by atoms with Gasteiger partial charge in [-0.25, -0.2) is 0 Å². The Morgan fingerprint density at radius 1 is 1.13 bits per heavy atom. The van der Waals surface area contributed by atoms with Gasteiger partial charge in [0.25, 0.3) is 5.91 Å². The minimum atomic E-state index is -0.523. The van der Waals surface area contributed by atoms with E-state index < -0.39 is 11.9 Å². The molecule has 4 rings (SSSR count). The monoisotopic (exact) mass is 537 g/mol. The standard InChI is InChI=1S/C29H39N5O5/c1-17-16-34(23-13-29(2,3)14-24(35)27(17)23)19-6-9-21(28(31)38)22(12-19)33-18-4-7-20(8-5-18)39-26(37)15-32-25(36)10-11-30/h6,9,12,16,18,20,33H,4-5,7-8,10-11,13-15,30H2,1-3H3,(H2,31,38)(H,32,36)/t18-,20-. The van der Waals surface area contributed by atoms with Crippen molar-refractivity contribution in [2.75, 3.05) is 18.4 Å². The molecule has 0 radical (unpaired) electrons. The first-order valence-corrected chi connectivity index (χ1v) is 13.6. The smallest absolute Gasteiger partial charge is 0.325 e. The highest BCUT2D eigenvalue weighted by Gasteiger charge is 2.35. The van der Waals surface area contributed by atoms with Crippen LogP contribution in [0.2, 0.25) is 0 Å². The Labute approximate surface area is 228 Å². The van der Waals surface area contributed by atoms with Gasteiger partial charge in [0.05, 0.1) is 5.56 Å². The Kier molecular flexibility index (Phi) is 8.44. The molecule has 1 aromatic carbocycles. The molecule has 210 valence electrons. The molecule has 0 spiro atoms. The Morgan fingerprint density at radius 2 is 1.85 bits per heavy atom. The zero-order valence-electron chi connectivity index (χ0n) is 23.0. The number of Topliss-reactive ketones (excluding diaryl/α,β-unsaturated/α-hetero) is 1. The topological polar surface area (TPSA) is 159 Å². The van der Waals surface area contributed by atoms with E-state index in [1.165, 1.54) is 0 Å². The van der Waals surface area contributed by atoms with Crippen molar-refractivity contribution in [1.82, 2.24) is 9.88 Å². The molecule has 39 heavy (non-hydrogen) atoms. The molecule has 1 heterocycles. The minimum Gasteiger partial charge on any atom is -0.461 e. The number of hydrogen-bond acceptors (Lipinski definition) is 7. The summed E-state index contributed by atoms with van der Waals surface area (Å²) in [5, 5.41) is 6.00. The predicted octanol–water partition coefficient (Wildman–Crippen LogP) is 2.77. The van der Waals surface area contributed by atoms with E-state index in [9.17, 15) is 19.2 Å². The normalized spacial score (nSPS) is 20.2. The maximum atomic E-state index is 12.9. The molecule has 0 bridgehead atoms. The number of nitrogens with one attached hydrogen (secondary N) is 2. The third kappa shape index (κ3) is 6.68. The fourth-order valence-corrected chi connectivity index (χ4v) is 5.69. The number of nitrogens with two attached hydrogens (primary N) is 2. The van der Waals surface area contributed by atoms with E-state index in [-0.39, 0.29) is 48.8 Å². The van der Waals surface area contributed by atoms with Crippen molar-refractivity contribution in [2.24, 2.45) is 16.9 Å². The number of aromatic nitrogens is 1. The fraction of sp³-hybridized carbons (Fsp3) is 0.517. The Morgan fingerprint density at radius 3 is 2.51 bits per heavy atom. The number of ketones is 1. The molecule has 1 aromatic heterocycles. The van der Waals surface area contributed by atoms with Gasteiger partial charge < -0.3 is 31.4 Å². The number of ether oxygens (including phenoxy) is 1. The summed E-state index contributed by atoms with van der Waals surface area (Å²) in [6, 6.07) is 5.57. The summed E-state index contributed by atoms with van der Waals surface area (Å²) < 4.78 is 7.58. The van der Waals surface area contributed by atoms with Crippen LogP contribution in [0.5, 0.6) is 0 Å². The summed E-state index contributed by atoms with van der Waals surface area (Å²) in [5.41, 5.74) is 15.6. The second kappa shape index (κ2) is 11.6. The van der Waals surface area contributed by atoms with E-state index in [0.29, 0.717) is 30.5 Å².